The van der Waals surface area contributed by atoms with Crippen LogP contribution in [0.15, 0.2) is 23.2 Å². The first-order chi connectivity index (χ1) is 8.72. The molecule has 1 aromatic rings. The number of carbonyl (C=O) groups excluding carboxylic acids is 1. The number of halogens is 3. The minimum absolute atomic E-state index is 0.0733. The normalized spacial score (nSPS) is 12.4. The SMILES string of the molecule is COc1cc(N=C(C)CC(C)=O)cc(C(F)(F)F)c1. The van der Waals surface area contributed by atoms with Gasteiger partial charge in [-0.05, 0) is 26.0 Å². The minimum Gasteiger partial charge on any atom is -0.497 e. The van der Waals surface area contributed by atoms with Crippen LogP contribution in [0.2, 0.25) is 0 Å². The lowest BCUT2D eigenvalue weighted by Crippen LogP contribution is -2.05. The molecule has 19 heavy (non-hydrogen) atoms. The Labute approximate surface area is 109 Å². The van der Waals surface area contributed by atoms with Gasteiger partial charge in [-0.2, -0.15) is 13.2 Å². The number of nitrogens with zero attached hydrogens (tertiary/aromatic N) is 1. The Morgan fingerprint density at radius 2 is 1.89 bits per heavy atom. The van der Waals surface area contributed by atoms with Crippen molar-refractivity contribution in [1.29, 1.82) is 0 Å². The van der Waals surface area contributed by atoms with Crippen molar-refractivity contribution in [3.63, 3.8) is 0 Å². The van der Waals surface area contributed by atoms with E-state index >= 15 is 0 Å². The van der Waals surface area contributed by atoms with E-state index in [9.17, 15) is 18.0 Å². The molecule has 0 fully saturated rings. The fourth-order valence-corrected chi connectivity index (χ4v) is 1.55. The summed E-state index contributed by atoms with van der Waals surface area (Å²) in [4.78, 5) is 14.9. The highest BCUT2D eigenvalue weighted by atomic mass is 19.4. The van der Waals surface area contributed by atoms with Gasteiger partial charge >= 0.3 is 6.18 Å². The predicted octanol–water partition coefficient (Wildman–Crippen LogP) is 3.79. The molecule has 0 N–H and O–H groups in total. The largest absolute Gasteiger partial charge is 0.497 e. The Hall–Kier alpha value is -1.85. The van der Waals surface area contributed by atoms with Crippen LogP contribution in [0.4, 0.5) is 18.9 Å². The third kappa shape index (κ3) is 4.73. The van der Waals surface area contributed by atoms with Gasteiger partial charge in [0.2, 0.25) is 0 Å². The third-order valence-electron chi connectivity index (χ3n) is 2.28. The second-order valence-corrected chi connectivity index (χ2v) is 4.14. The highest BCUT2D eigenvalue weighted by Crippen LogP contribution is 2.35. The first-order valence-corrected chi connectivity index (χ1v) is 5.52. The van der Waals surface area contributed by atoms with Gasteiger partial charge in [0.05, 0.1) is 18.4 Å². The van der Waals surface area contributed by atoms with Crippen LogP contribution >= 0.6 is 0 Å². The fraction of sp³-hybridized carbons (Fsp3) is 0.385. The van der Waals surface area contributed by atoms with Gasteiger partial charge in [-0.25, -0.2) is 0 Å². The van der Waals surface area contributed by atoms with Crippen molar-refractivity contribution in [2.75, 3.05) is 7.11 Å². The molecule has 0 radical (unpaired) electrons. The second kappa shape index (κ2) is 5.86. The van der Waals surface area contributed by atoms with Crippen LogP contribution in [0, 0.1) is 0 Å². The average Bonchev–Trinajstić information content (AvgIpc) is 2.25. The molecule has 0 amide bonds. The number of Topliss-reactive ketones (excluding diaryl/α,β-unsaturated/α-hetero) is 1. The molecule has 0 aliphatic rings. The zero-order chi connectivity index (χ0) is 14.6. The zero-order valence-corrected chi connectivity index (χ0v) is 10.8. The lowest BCUT2D eigenvalue weighted by Gasteiger charge is -2.10. The number of hydrogen-bond acceptors (Lipinski definition) is 3. The van der Waals surface area contributed by atoms with Crippen molar-refractivity contribution in [1.82, 2.24) is 0 Å². The number of ether oxygens (including phenoxy) is 1. The first kappa shape index (κ1) is 15.2. The van der Waals surface area contributed by atoms with E-state index in [0.717, 1.165) is 12.1 Å². The molecule has 0 saturated heterocycles. The maximum absolute atomic E-state index is 12.7. The Morgan fingerprint density at radius 3 is 2.37 bits per heavy atom. The van der Waals surface area contributed by atoms with Gasteiger partial charge in [-0.15, -0.1) is 0 Å². The number of carbonyl (C=O) groups is 1. The minimum atomic E-state index is -4.46. The maximum Gasteiger partial charge on any atom is 0.416 e. The van der Waals surface area contributed by atoms with Crippen molar-refractivity contribution in [2.45, 2.75) is 26.4 Å². The Morgan fingerprint density at radius 1 is 1.26 bits per heavy atom. The lowest BCUT2D eigenvalue weighted by atomic mass is 10.1. The number of methoxy groups -OCH3 is 1. The van der Waals surface area contributed by atoms with Gasteiger partial charge in [0.1, 0.15) is 11.5 Å². The van der Waals surface area contributed by atoms with Crippen LogP contribution < -0.4 is 4.74 Å². The molecule has 0 aliphatic carbocycles. The molecular formula is C13H14F3NO2. The summed E-state index contributed by atoms with van der Waals surface area (Å²) in [6.45, 7) is 2.99. The summed E-state index contributed by atoms with van der Waals surface area (Å²) in [5.41, 5.74) is -0.263. The van der Waals surface area contributed by atoms with Gasteiger partial charge in [0.15, 0.2) is 0 Å². The molecular weight excluding hydrogens is 259 g/mol. The van der Waals surface area contributed by atoms with E-state index in [4.69, 9.17) is 4.74 Å². The van der Waals surface area contributed by atoms with Gasteiger partial charge in [-0.1, -0.05) is 0 Å². The molecule has 0 aromatic heterocycles. The molecule has 6 heteroatoms. The van der Waals surface area contributed by atoms with E-state index in [1.54, 1.807) is 6.92 Å². The van der Waals surface area contributed by atoms with Crippen LogP contribution in [0.5, 0.6) is 5.75 Å². The monoisotopic (exact) mass is 273 g/mol. The molecule has 0 unspecified atom stereocenters. The van der Waals surface area contributed by atoms with Gasteiger partial charge in [0, 0.05) is 18.2 Å². The van der Waals surface area contributed by atoms with E-state index in [1.807, 2.05) is 0 Å². The fourth-order valence-electron chi connectivity index (χ4n) is 1.55. The number of rotatable bonds is 4. The van der Waals surface area contributed by atoms with E-state index < -0.39 is 11.7 Å². The zero-order valence-electron chi connectivity index (χ0n) is 10.8. The van der Waals surface area contributed by atoms with Crippen molar-refractivity contribution in [2.24, 2.45) is 4.99 Å². The van der Waals surface area contributed by atoms with E-state index in [2.05, 4.69) is 4.99 Å². The predicted molar refractivity (Wildman–Crippen MR) is 66.1 cm³/mol. The lowest BCUT2D eigenvalue weighted by molar-refractivity contribution is -0.137. The molecule has 0 spiro atoms. The molecule has 0 saturated carbocycles. The molecule has 1 rings (SSSR count). The Balaban J connectivity index is 3.17. The summed E-state index contributed by atoms with van der Waals surface area (Å²) in [5, 5.41) is 0. The highest BCUT2D eigenvalue weighted by Gasteiger charge is 2.31. The van der Waals surface area contributed by atoms with Gasteiger partial charge in [0.25, 0.3) is 0 Å². The van der Waals surface area contributed by atoms with Crippen molar-refractivity contribution >= 4 is 17.2 Å². The van der Waals surface area contributed by atoms with Gasteiger partial charge < -0.3 is 4.74 Å². The summed E-state index contributed by atoms with van der Waals surface area (Å²) < 4.78 is 42.8. The summed E-state index contributed by atoms with van der Waals surface area (Å²) >= 11 is 0. The second-order valence-electron chi connectivity index (χ2n) is 4.14. The standard InChI is InChI=1S/C13H14F3NO2/c1-8(4-9(2)18)17-11-5-10(13(14,15)16)6-12(7-11)19-3/h5-7H,4H2,1-3H3. The van der Waals surface area contributed by atoms with Crippen LogP contribution in [0.3, 0.4) is 0 Å². The number of ketones is 1. The van der Waals surface area contributed by atoms with E-state index in [0.29, 0.717) is 5.71 Å². The number of hydrogen-bond donors (Lipinski definition) is 0. The van der Waals surface area contributed by atoms with Crippen LogP contribution in [0.25, 0.3) is 0 Å². The van der Waals surface area contributed by atoms with Crippen LogP contribution in [0.1, 0.15) is 25.8 Å². The maximum atomic E-state index is 12.7. The third-order valence-corrected chi connectivity index (χ3v) is 2.28. The molecule has 0 heterocycles. The molecule has 3 nitrogen and oxygen atoms in total. The summed E-state index contributed by atoms with van der Waals surface area (Å²) in [7, 11) is 1.28. The summed E-state index contributed by atoms with van der Waals surface area (Å²) in [6.07, 6.45) is -4.36. The topological polar surface area (TPSA) is 38.7 Å². The Kier molecular flexibility index (Phi) is 4.69. The highest BCUT2D eigenvalue weighted by molar-refractivity contribution is 6.00. The number of alkyl halides is 3. The van der Waals surface area contributed by atoms with Gasteiger partial charge in [-0.3, -0.25) is 9.79 Å². The van der Waals surface area contributed by atoms with Crippen LogP contribution in [-0.2, 0) is 11.0 Å². The number of aliphatic imine (C=N–C) groups is 1. The van der Waals surface area contributed by atoms with E-state index in [-0.39, 0.29) is 23.6 Å². The van der Waals surface area contributed by atoms with Crippen molar-refractivity contribution in [3.05, 3.63) is 23.8 Å². The van der Waals surface area contributed by atoms with Crippen molar-refractivity contribution in [3.8, 4) is 5.75 Å². The average molecular weight is 273 g/mol. The van der Waals surface area contributed by atoms with Crippen molar-refractivity contribution < 1.29 is 22.7 Å². The van der Waals surface area contributed by atoms with E-state index in [1.165, 1.54) is 20.1 Å². The number of benzene rings is 1. The van der Waals surface area contributed by atoms with Crippen LogP contribution in [-0.4, -0.2) is 18.6 Å². The first-order valence-electron chi connectivity index (χ1n) is 5.52. The summed E-state index contributed by atoms with van der Waals surface area (Å²) in [5.74, 6) is -0.0237. The molecule has 104 valence electrons. The molecule has 0 atom stereocenters. The molecule has 1 aromatic carbocycles. The molecule has 0 aliphatic heterocycles. The quantitative estimate of drug-likeness (QED) is 0.783. The molecule has 0 bridgehead atoms. The smallest absolute Gasteiger partial charge is 0.416 e. The summed E-state index contributed by atoms with van der Waals surface area (Å²) in [6, 6.07) is 3.21. The Bertz CT molecular complexity index is 507.